The Kier molecular flexibility index (Phi) is 5.92. The van der Waals surface area contributed by atoms with Crippen molar-refractivity contribution >= 4 is 23.5 Å². The van der Waals surface area contributed by atoms with Crippen LogP contribution < -0.4 is 24.8 Å². The van der Waals surface area contributed by atoms with Crippen LogP contribution in [-0.2, 0) is 16.0 Å². The van der Waals surface area contributed by atoms with Gasteiger partial charge in [-0.05, 0) is 42.7 Å². The maximum atomic E-state index is 12.6. The van der Waals surface area contributed by atoms with Crippen molar-refractivity contribution in [3.8, 4) is 17.2 Å². The first-order valence-corrected chi connectivity index (χ1v) is 9.98. The second kappa shape index (κ2) is 8.95. The number of benzene rings is 2. The third-order valence-electron chi connectivity index (χ3n) is 5.21. The summed E-state index contributed by atoms with van der Waals surface area (Å²) in [6.07, 6.45) is 0.859. The number of nitrogens with zero attached hydrogens (tertiary/aromatic N) is 1. The van der Waals surface area contributed by atoms with Gasteiger partial charge in [-0.3, -0.25) is 14.5 Å². The van der Waals surface area contributed by atoms with Gasteiger partial charge in [0.15, 0.2) is 11.5 Å². The van der Waals surface area contributed by atoms with E-state index < -0.39 is 12.1 Å². The number of hydrogen-bond donors (Lipinski definition) is 2. The molecule has 4 rings (SSSR count). The van der Waals surface area contributed by atoms with E-state index in [1.165, 1.54) is 4.90 Å². The third kappa shape index (κ3) is 4.71. The SMILES string of the molecule is COc1ccc(CCN2C(=O)N[C@@H](CCC(=O)Nc3ccc4c(c3)OCO4)C2=O)cc1. The smallest absolute Gasteiger partial charge is 0.324 e. The highest BCUT2D eigenvalue weighted by atomic mass is 16.7. The largest absolute Gasteiger partial charge is 0.497 e. The lowest BCUT2D eigenvalue weighted by Gasteiger charge is -2.13. The van der Waals surface area contributed by atoms with Crippen molar-refractivity contribution in [2.24, 2.45) is 0 Å². The standard InChI is InChI=1S/C22H23N3O6/c1-29-16-5-2-14(3-6-16)10-11-25-21(27)17(24-22(25)28)7-9-20(26)23-15-4-8-18-19(12-15)31-13-30-18/h2-6,8,12,17H,7,9-11,13H2,1H3,(H,23,26)(H,24,28)/t17-/m0/s1. The highest BCUT2D eigenvalue weighted by molar-refractivity contribution is 6.04. The molecule has 2 aliphatic heterocycles. The van der Waals surface area contributed by atoms with Crippen LogP contribution in [0.25, 0.3) is 0 Å². The second-order valence-electron chi connectivity index (χ2n) is 7.24. The van der Waals surface area contributed by atoms with Gasteiger partial charge in [-0.1, -0.05) is 12.1 Å². The fraction of sp³-hybridized carbons (Fsp3) is 0.318. The van der Waals surface area contributed by atoms with E-state index in [0.717, 1.165) is 11.3 Å². The van der Waals surface area contributed by atoms with Crippen molar-refractivity contribution in [2.75, 3.05) is 25.8 Å². The van der Waals surface area contributed by atoms with Crippen LogP contribution in [0, 0.1) is 0 Å². The number of carbonyl (C=O) groups excluding carboxylic acids is 3. The fourth-order valence-electron chi connectivity index (χ4n) is 3.49. The van der Waals surface area contributed by atoms with Crippen LogP contribution in [0.4, 0.5) is 10.5 Å². The molecule has 2 aliphatic rings. The number of urea groups is 1. The number of amides is 4. The zero-order valence-corrected chi connectivity index (χ0v) is 17.1. The molecule has 2 aromatic carbocycles. The molecule has 31 heavy (non-hydrogen) atoms. The van der Waals surface area contributed by atoms with Crippen LogP contribution in [0.2, 0.25) is 0 Å². The number of nitrogens with one attached hydrogen (secondary N) is 2. The van der Waals surface area contributed by atoms with E-state index in [2.05, 4.69) is 10.6 Å². The minimum Gasteiger partial charge on any atom is -0.497 e. The number of ether oxygens (including phenoxy) is 3. The molecule has 1 atom stereocenters. The Morgan fingerprint density at radius 2 is 1.94 bits per heavy atom. The summed E-state index contributed by atoms with van der Waals surface area (Å²) in [7, 11) is 1.59. The Bertz CT molecular complexity index is 991. The summed E-state index contributed by atoms with van der Waals surface area (Å²) in [5.74, 6) is 1.39. The Balaban J connectivity index is 1.25. The summed E-state index contributed by atoms with van der Waals surface area (Å²) in [4.78, 5) is 38.3. The predicted molar refractivity (Wildman–Crippen MR) is 111 cm³/mol. The summed E-state index contributed by atoms with van der Waals surface area (Å²) >= 11 is 0. The molecular formula is C22H23N3O6. The van der Waals surface area contributed by atoms with Gasteiger partial charge in [0.05, 0.1) is 7.11 Å². The highest BCUT2D eigenvalue weighted by Crippen LogP contribution is 2.34. The van der Waals surface area contributed by atoms with Gasteiger partial charge in [-0.2, -0.15) is 0 Å². The molecule has 1 saturated heterocycles. The normalized spacial score (nSPS) is 16.9. The first kappa shape index (κ1) is 20.5. The topological polar surface area (TPSA) is 106 Å². The summed E-state index contributed by atoms with van der Waals surface area (Å²) in [6, 6.07) is 11.5. The quantitative estimate of drug-likeness (QED) is 0.629. The van der Waals surface area contributed by atoms with Crippen LogP contribution in [0.1, 0.15) is 18.4 Å². The average Bonchev–Trinajstić information content (AvgIpc) is 3.35. The summed E-state index contributed by atoms with van der Waals surface area (Å²) in [5.41, 5.74) is 1.57. The molecule has 0 spiro atoms. The molecule has 9 heteroatoms. The minimum atomic E-state index is -0.703. The number of methoxy groups -OCH3 is 1. The number of fused-ring (bicyclic) bond motifs is 1. The Morgan fingerprint density at radius 3 is 2.71 bits per heavy atom. The minimum absolute atomic E-state index is 0.0947. The van der Waals surface area contributed by atoms with Crippen LogP contribution in [0.5, 0.6) is 17.2 Å². The highest BCUT2D eigenvalue weighted by Gasteiger charge is 2.37. The second-order valence-corrected chi connectivity index (χ2v) is 7.24. The molecule has 9 nitrogen and oxygen atoms in total. The first-order valence-electron chi connectivity index (χ1n) is 9.98. The molecule has 0 aliphatic carbocycles. The molecule has 0 saturated carbocycles. The Morgan fingerprint density at radius 1 is 1.16 bits per heavy atom. The van der Waals surface area contributed by atoms with Crippen molar-refractivity contribution in [1.82, 2.24) is 10.2 Å². The zero-order chi connectivity index (χ0) is 21.8. The van der Waals surface area contributed by atoms with Crippen LogP contribution in [0.3, 0.4) is 0 Å². The number of anilines is 1. The number of carbonyl (C=O) groups is 3. The summed E-state index contributed by atoms with van der Waals surface area (Å²) < 4.78 is 15.7. The van der Waals surface area contributed by atoms with E-state index >= 15 is 0 Å². The molecule has 162 valence electrons. The van der Waals surface area contributed by atoms with Crippen molar-refractivity contribution < 1.29 is 28.6 Å². The van der Waals surface area contributed by atoms with E-state index in [0.29, 0.717) is 23.6 Å². The van der Waals surface area contributed by atoms with Crippen LogP contribution in [-0.4, -0.2) is 49.2 Å². The fourth-order valence-corrected chi connectivity index (χ4v) is 3.49. The maximum absolute atomic E-state index is 12.6. The van der Waals surface area contributed by atoms with Crippen molar-refractivity contribution in [1.29, 1.82) is 0 Å². The number of rotatable bonds is 8. The van der Waals surface area contributed by atoms with Crippen molar-refractivity contribution in [2.45, 2.75) is 25.3 Å². The lowest BCUT2D eigenvalue weighted by Crippen LogP contribution is -2.33. The molecule has 1 fully saturated rings. The Hall–Kier alpha value is -3.75. The number of imide groups is 1. The van der Waals surface area contributed by atoms with Crippen molar-refractivity contribution in [3.63, 3.8) is 0 Å². The average molecular weight is 425 g/mol. The molecule has 0 radical (unpaired) electrons. The molecule has 2 aromatic rings. The monoisotopic (exact) mass is 425 g/mol. The van der Waals surface area contributed by atoms with Gasteiger partial charge in [0.1, 0.15) is 11.8 Å². The van der Waals surface area contributed by atoms with E-state index in [9.17, 15) is 14.4 Å². The van der Waals surface area contributed by atoms with Gasteiger partial charge in [-0.15, -0.1) is 0 Å². The Labute approximate surface area is 179 Å². The molecule has 0 bridgehead atoms. The van der Waals surface area contributed by atoms with Gasteiger partial charge in [0.2, 0.25) is 12.7 Å². The van der Waals surface area contributed by atoms with E-state index in [1.807, 2.05) is 24.3 Å². The van der Waals surface area contributed by atoms with Gasteiger partial charge in [0.25, 0.3) is 5.91 Å². The lowest BCUT2D eigenvalue weighted by molar-refractivity contribution is -0.127. The van der Waals surface area contributed by atoms with Gasteiger partial charge in [0, 0.05) is 24.7 Å². The van der Waals surface area contributed by atoms with E-state index in [1.54, 1.807) is 25.3 Å². The van der Waals surface area contributed by atoms with Gasteiger partial charge < -0.3 is 24.8 Å². The zero-order valence-electron chi connectivity index (χ0n) is 17.1. The van der Waals surface area contributed by atoms with E-state index in [-0.39, 0.29) is 38.0 Å². The third-order valence-corrected chi connectivity index (χ3v) is 5.21. The van der Waals surface area contributed by atoms with Gasteiger partial charge >= 0.3 is 6.03 Å². The molecule has 2 heterocycles. The molecule has 0 unspecified atom stereocenters. The molecule has 2 N–H and O–H groups in total. The summed E-state index contributed by atoms with van der Waals surface area (Å²) in [6.45, 7) is 0.433. The number of hydrogen-bond acceptors (Lipinski definition) is 6. The van der Waals surface area contributed by atoms with Crippen molar-refractivity contribution in [3.05, 3.63) is 48.0 Å². The first-order chi connectivity index (χ1) is 15.0. The maximum Gasteiger partial charge on any atom is 0.324 e. The van der Waals surface area contributed by atoms with E-state index in [4.69, 9.17) is 14.2 Å². The van der Waals surface area contributed by atoms with Crippen LogP contribution >= 0.6 is 0 Å². The molecular weight excluding hydrogens is 402 g/mol. The molecule has 4 amide bonds. The predicted octanol–water partition coefficient (Wildman–Crippen LogP) is 2.31. The van der Waals surface area contributed by atoms with Gasteiger partial charge in [-0.25, -0.2) is 4.79 Å². The molecule has 0 aromatic heterocycles. The summed E-state index contributed by atoms with van der Waals surface area (Å²) in [5, 5.41) is 5.43. The lowest BCUT2D eigenvalue weighted by atomic mass is 10.1. The van der Waals surface area contributed by atoms with Crippen LogP contribution in [0.15, 0.2) is 42.5 Å².